The molecule has 0 amide bonds. The Morgan fingerprint density at radius 1 is 1.00 bits per heavy atom. The summed E-state index contributed by atoms with van der Waals surface area (Å²) >= 11 is 0. The fourth-order valence-electron chi connectivity index (χ4n) is 3.49. The van der Waals surface area contributed by atoms with Crippen molar-refractivity contribution in [1.29, 1.82) is 0 Å². The Balaban J connectivity index is -0.000000521. The smallest absolute Gasteiger partial charge is 0.0413 e. The van der Waals surface area contributed by atoms with E-state index in [0.29, 0.717) is 5.92 Å². The molecule has 0 heterocycles. The Kier molecular flexibility index (Phi) is 29.5. The van der Waals surface area contributed by atoms with Gasteiger partial charge in [0.1, 0.15) is 0 Å². The summed E-state index contributed by atoms with van der Waals surface area (Å²) in [5.41, 5.74) is 5.84. The summed E-state index contributed by atoms with van der Waals surface area (Å²) in [4.78, 5) is 4.07. The molecular formula is C36H58N2. The number of para-hydroxylation sites is 1. The van der Waals surface area contributed by atoms with E-state index in [4.69, 9.17) is 0 Å². The molecule has 1 aromatic carbocycles. The highest BCUT2D eigenvalue weighted by Crippen LogP contribution is 2.26. The Labute approximate surface area is 237 Å². The third kappa shape index (κ3) is 18.2. The second-order valence-electron chi connectivity index (χ2n) is 7.86. The molecule has 0 aliphatic heterocycles. The van der Waals surface area contributed by atoms with Crippen molar-refractivity contribution in [2.75, 3.05) is 12.4 Å². The van der Waals surface area contributed by atoms with Crippen LogP contribution in [0.5, 0.6) is 0 Å². The van der Waals surface area contributed by atoms with Gasteiger partial charge < -0.3 is 5.32 Å². The van der Waals surface area contributed by atoms with Crippen LogP contribution in [0.25, 0.3) is 0 Å². The topological polar surface area (TPSA) is 24.4 Å². The molecule has 0 bridgehead atoms. The van der Waals surface area contributed by atoms with Crippen molar-refractivity contribution in [3.63, 3.8) is 0 Å². The van der Waals surface area contributed by atoms with Crippen LogP contribution in [-0.4, -0.2) is 13.3 Å². The number of anilines is 1. The maximum absolute atomic E-state index is 4.07. The van der Waals surface area contributed by atoms with Crippen LogP contribution < -0.4 is 5.32 Å². The van der Waals surface area contributed by atoms with Gasteiger partial charge in [-0.05, 0) is 67.9 Å². The first-order valence-electron chi connectivity index (χ1n) is 14.4. The molecule has 1 aromatic rings. The van der Waals surface area contributed by atoms with E-state index >= 15 is 0 Å². The number of hydrogen-bond acceptors (Lipinski definition) is 2. The first-order chi connectivity index (χ1) is 18.5. The maximum Gasteiger partial charge on any atom is 0.0413 e. The third-order valence-electron chi connectivity index (χ3n) is 5.36. The van der Waals surface area contributed by atoms with Gasteiger partial charge in [-0.3, -0.25) is 4.99 Å². The number of hydrogen-bond donors (Lipinski definition) is 1. The molecule has 0 spiro atoms. The van der Waals surface area contributed by atoms with Crippen LogP contribution in [-0.2, 0) is 0 Å². The molecule has 0 aromatic heterocycles. The highest BCUT2D eigenvalue weighted by Gasteiger charge is 2.14. The minimum atomic E-state index is 0.602. The van der Waals surface area contributed by atoms with Crippen LogP contribution >= 0.6 is 0 Å². The van der Waals surface area contributed by atoms with E-state index in [-0.39, 0.29) is 0 Å². The predicted molar refractivity (Wildman–Crippen MR) is 179 cm³/mol. The zero-order chi connectivity index (χ0) is 29.8. The van der Waals surface area contributed by atoms with E-state index in [1.807, 2.05) is 73.0 Å². The molecule has 2 unspecified atom stereocenters. The Bertz CT molecular complexity index is 894. The molecule has 2 nitrogen and oxygen atoms in total. The number of benzene rings is 1. The lowest BCUT2D eigenvalue weighted by atomic mass is 9.85. The van der Waals surface area contributed by atoms with Crippen molar-refractivity contribution in [3.05, 3.63) is 115 Å². The largest absolute Gasteiger partial charge is 0.356 e. The SMILES string of the molecule is C/C=C(\C=NC)C1C=CC(C)CC1.C=C.C=C(/C=C/C1=CCC=C1)Nc1ccccc1C.CC.CC.CC. The molecule has 3 rings (SSSR count). The van der Waals surface area contributed by atoms with Gasteiger partial charge in [0.05, 0.1) is 0 Å². The molecule has 2 aliphatic rings. The molecule has 1 N–H and O–H groups in total. The zero-order valence-electron chi connectivity index (χ0n) is 26.4. The maximum atomic E-state index is 4.07. The van der Waals surface area contributed by atoms with Crippen LogP contribution in [0, 0.1) is 18.8 Å². The number of allylic oxidation sites excluding steroid dienone is 10. The van der Waals surface area contributed by atoms with Crippen LogP contribution in [0.4, 0.5) is 5.69 Å². The first kappa shape index (κ1) is 39.4. The van der Waals surface area contributed by atoms with E-state index in [1.54, 1.807) is 0 Å². The molecular weight excluding hydrogens is 460 g/mol. The van der Waals surface area contributed by atoms with Crippen molar-refractivity contribution in [2.24, 2.45) is 16.8 Å². The average molecular weight is 519 g/mol. The number of aliphatic imine (C=N–C) groups is 1. The third-order valence-corrected chi connectivity index (χ3v) is 5.36. The van der Waals surface area contributed by atoms with Crippen molar-refractivity contribution < 1.29 is 0 Å². The van der Waals surface area contributed by atoms with Gasteiger partial charge in [-0.2, -0.15) is 0 Å². The molecule has 2 atom stereocenters. The normalized spacial score (nSPS) is 17.1. The number of rotatable bonds is 6. The minimum absolute atomic E-state index is 0.602. The summed E-state index contributed by atoms with van der Waals surface area (Å²) in [6.45, 7) is 28.4. The molecule has 2 aliphatic carbocycles. The van der Waals surface area contributed by atoms with Crippen molar-refractivity contribution in [1.82, 2.24) is 0 Å². The Morgan fingerprint density at radius 2 is 1.63 bits per heavy atom. The predicted octanol–water partition coefficient (Wildman–Crippen LogP) is 11.5. The second-order valence-corrected chi connectivity index (χ2v) is 7.86. The van der Waals surface area contributed by atoms with E-state index < -0.39 is 0 Å². The van der Waals surface area contributed by atoms with Crippen molar-refractivity contribution in [3.8, 4) is 0 Å². The van der Waals surface area contributed by atoms with E-state index in [0.717, 1.165) is 23.7 Å². The molecule has 0 radical (unpaired) electrons. The molecule has 0 saturated heterocycles. The van der Waals surface area contributed by atoms with Gasteiger partial charge in [-0.15, -0.1) is 13.2 Å². The molecule has 38 heavy (non-hydrogen) atoms. The number of nitrogens with zero attached hydrogens (tertiary/aromatic N) is 1. The van der Waals surface area contributed by atoms with E-state index in [9.17, 15) is 0 Å². The van der Waals surface area contributed by atoms with Gasteiger partial charge in [0, 0.05) is 30.6 Å². The summed E-state index contributed by atoms with van der Waals surface area (Å²) < 4.78 is 0. The molecule has 0 fully saturated rings. The molecule has 2 heteroatoms. The van der Waals surface area contributed by atoms with Crippen LogP contribution in [0.2, 0.25) is 0 Å². The number of nitrogens with one attached hydrogen (secondary N) is 1. The van der Waals surface area contributed by atoms with Gasteiger partial charge in [-0.1, -0.05) is 116 Å². The van der Waals surface area contributed by atoms with Crippen molar-refractivity contribution in [2.45, 2.75) is 81.6 Å². The van der Waals surface area contributed by atoms with Gasteiger partial charge >= 0.3 is 0 Å². The number of aryl methyl sites for hydroxylation is 1. The van der Waals surface area contributed by atoms with Crippen LogP contribution in [0.15, 0.2) is 114 Å². The lowest BCUT2D eigenvalue weighted by Gasteiger charge is -2.20. The summed E-state index contributed by atoms with van der Waals surface area (Å²) in [7, 11) is 1.83. The van der Waals surface area contributed by atoms with Gasteiger partial charge in [0.2, 0.25) is 0 Å². The lowest BCUT2D eigenvalue weighted by Crippen LogP contribution is -2.09. The van der Waals surface area contributed by atoms with Crippen LogP contribution in [0.3, 0.4) is 0 Å². The highest BCUT2D eigenvalue weighted by atomic mass is 14.9. The van der Waals surface area contributed by atoms with Gasteiger partial charge in [-0.25, -0.2) is 0 Å². The lowest BCUT2D eigenvalue weighted by molar-refractivity contribution is 0.524. The fourth-order valence-corrected chi connectivity index (χ4v) is 3.49. The van der Waals surface area contributed by atoms with Crippen molar-refractivity contribution >= 4 is 11.9 Å². The molecule has 212 valence electrons. The summed E-state index contributed by atoms with van der Waals surface area (Å²) in [5.74, 6) is 1.36. The monoisotopic (exact) mass is 518 g/mol. The average Bonchev–Trinajstić information content (AvgIpc) is 3.51. The van der Waals surface area contributed by atoms with E-state index in [2.05, 4.69) is 105 Å². The minimum Gasteiger partial charge on any atom is -0.356 e. The standard InChI is InChI=1S/C16H17N.C12H19N.3C2H6.C2H4/c1-13-7-3-6-10-16(13)17-14(2)11-12-15-8-4-5-9-15;1-4-11(9-13-3)12-7-5-10(2)6-8-12;4*1-2/h3-4,6-12,17H,2,5H2,1H3;4-5,7,9-10,12H,6,8H2,1-3H3;3*1-2H3;1-2H2/b12-11+;11-4+,13-9?;;;;. The Morgan fingerprint density at radius 3 is 2.11 bits per heavy atom. The first-order valence-corrected chi connectivity index (χ1v) is 14.4. The Hall–Kier alpha value is -3.13. The fraction of sp³-hybridized carbons (Fsp3) is 0.417. The summed E-state index contributed by atoms with van der Waals surface area (Å²) in [5, 5.41) is 3.30. The zero-order valence-corrected chi connectivity index (χ0v) is 26.4. The molecule has 0 saturated carbocycles. The van der Waals surface area contributed by atoms with Gasteiger partial charge in [0.15, 0.2) is 0 Å². The van der Waals surface area contributed by atoms with E-state index in [1.165, 1.54) is 29.6 Å². The van der Waals surface area contributed by atoms with Crippen LogP contribution in [0.1, 0.15) is 80.2 Å². The summed E-state index contributed by atoms with van der Waals surface area (Å²) in [6.07, 6.45) is 22.9. The highest BCUT2D eigenvalue weighted by molar-refractivity contribution is 5.79. The quantitative estimate of drug-likeness (QED) is 0.226. The summed E-state index contributed by atoms with van der Waals surface area (Å²) in [6, 6.07) is 8.20. The second kappa shape index (κ2) is 28.4. The van der Waals surface area contributed by atoms with Gasteiger partial charge in [0.25, 0.3) is 0 Å².